The molecular formula is C7H9BrO. The molecule has 2 heteroatoms. The van der Waals surface area contributed by atoms with Crippen molar-refractivity contribution in [3.8, 4) is 0 Å². The average Bonchev–Trinajstić information content (AvgIpc) is 1.87. The Hall–Kier alpha value is -0.330. The summed E-state index contributed by atoms with van der Waals surface area (Å²) >= 11 is 3.07. The second-order valence-corrected chi connectivity index (χ2v) is 2.32. The zero-order chi connectivity index (χ0) is 7.28. The molecule has 0 aromatic heterocycles. The van der Waals surface area contributed by atoms with Crippen LogP contribution in [0.5, 0.6) is 0 Å². The standard InChI is InChI=1S/C7H9BrO/c1-3-4-6(2)7(9)5-8/h4,6H,1,5H2,2H3. The van der Waals surface area contributed by atoms with Gasteiger partial charge in [0.05, 0.1) is 5.33 Å². The number of halogens is 1. The highest BCUT2D eigenvalue weighted by molar-refractivity contribution is 9.09. The van der Waals surface area contributed by atoms with Gasteiger partial charge in [0.1, 0.15) is 0 Å². The summed E-state index contributed by atoms with van der Waals surface area (Å²) in [5, 5.41) is 0.409. The van der Waals surface area contributed by atoms with E-state index in [1.165, 1.54) is 0 Å². The lowest BCUT2D eigenvalue weighted by Gasteiger charge is -1.97. The van der Waals surface area contributed by atoms with Crippen molar-refractivity contribution in [1.82, 2.24) is 0 Å². The lowest BCUT2D eigenvalue weighted by molar-refractivity contribution is -0.118. The van der Waals surface area contributed by atoms with Crippen LogP contribution in [0.15, 0.2) is 18.4 Å². The predicted octanol–water partition coefficient (Wildman–Crippen LogP) is 1.93. The van der Waals surface area contributed by atoms with Crippen molar-refractivity contribution in [3.05, 3.63) is 18.4 Å². The summed E-state index contributed by atoms with van der Waals surface area (Å²) < 4.78 is 0. The summed E-state index contributed by atoms with van der Waals surface area (Å²) in [6.45, 7) is 5.19. The molecule has 9 heavy (non-hydrogen) atoms. The largest absolute Gasteiger partial charge is 0.298 e. The molecule has 0 rings (SSSR count). The summed E-state index contributed by atoms with van der Waals surface area (Å²) in [5.74, 6) is 0.105. The molecule has 0 spiro atoms. The van der Waals surface area contributed by atoms with Crippen molar-refractivity contribution in [2.45, 2.75) is 6.92 Å². The molecule has 0 aromatic rings. The van der Waals surface area contributed by atoms with E-state index >= 15 is 0 Å². The minimum absolute atomic E-state index is 0.0538. The molecule has 0 aliphatic carbocycles. The van der Waals surface area contributed by atoms with E-state index in [1.807, 2.05) is 6.92 Å². The first-order valence-corrected chi connectivity index (χ1v) is 3.79. The average molecular weight is 189 g/mol. The molecule has 0 saturated heterocycles. The van der Waals surface area contributed by atoms with E-state index in [4.69, 9.17) is 0 Å². The third-order valence-corrected chi connectivity index (χ3v) is 1.56. The van der Waals surface area contributed by atoms with Crippen LogP contribution in [0.4, 0.5) is 0 Å². The fourth-order valence-corrected chi connectivity index (χ4v) is 0.902. The highest BCUT2D eigenvalue weighted by Crippen LogP contribution is 1.99. The number of hydrogen-bond acceptors (Lipinski definition) is 1. The lowest BCUT2D eigenvalue weighted by atomic mass is 10.1. The highest BCUT2D eigenvalue weighted by Gasteiger charge is 2.05. The van der Waals surface area contributed by atoms with Crippen LogP contribution in [0.25, 0.3) is 0 Å². The molecule has 0 heterocycles. The summed E-state index contributed by atoms with van der Waals surface area (Å²) in [7, 11) is 0. The maximum Gasteiger partial charge on any atom is 0.150 e. The van der Waals surface area contributed by atoms with Gasteiger partial charge >= 0.3 is 0 Å². The van der Waals surface area contributed by atoms with Crippen molar-refractivity contribution >= 4 is 21.7 Å². The third-order valence-electron chi connectivity index (χ3n) is 1.01. The van der Waals surface area contributed by atoms with Gasteiger partial charge in [-0.15, -0.1) is 5.73 Å². The minimum atomic E-state index is -0.0538. The predicted molar refractivity (Wildman–Crippen MR) is 41.7 cm³/mol. The van der Waals surface area contributed by atoms with Gasteiger partial charge in [0.25, 0.3) is 0 Å². The van der Waals surface area contributed by atoms with Gasteiger partial charge in [0, 0.05) is 5.92 Å². The Balaban J connectivity index is 3.87. The summed E-state index contributed by atoms with van der Waals surface area (Å²) in [5.41, 5.74) is 2.57. The van der Waals surface area contributed by atoms with Crippen LogP contribution < -0.4 is 0 Å². The Morgan fingerprint density at radius 3 is 2.89 bits per heavy atom. The topological polar surface area (TPSA) is 17.1 Å². The summed E-state index contributed by atoms with van der Waals surface area (Å²) in [6, 6.07) is 0. The molecule has 1 atom stereocenters. The quantitative estimate of drug-likeness (QED) is 0.489. The Morgan fingerprint density at radius 2 is 2.56 bits per heavy atom. The Bertz CT molecular complexity index is 145. The van der Waals surface area contributed by atoms with Gasteiger partial charge in [-0.05, 0) is 6.08 Å². The second kappa shape index (κ2) is 4.54. The van der Waals surface area contributed by atoms with Crippen molar-refractivity contribution in [2.24, 2.45) is 5.92 Å². The van der Waals surface area contributed by atoms with Crippen molar-refractivity contribution in [3.63, 3.8) is 0 Å². The van der Waals surface area contributed by atoms with Gasteiger partial charge in [-0.1, -0.05) is 29.4 Å². The van der Waals surface area contributed by atoms with Crippen LogP contribution in [-0.4, -0.2) is 11.1 Å². The van der Waals surface area contributed by atoms with E-state index in [0.29, 0.717) is 5.33 Å². The van der Waals surface area contributed by atoms with Gasteiger partial charge in [-0.2, -0.15) is 0 Å². The van der Waals surface area contributed by atoms with E-state index in [9.17, 15) is 4.79 Å². The fraction of sp³-hybridized carbons (Fsp3) is 0.429. The molecule has 0 saturated carbocycles. The number of allylic oxidation sites excluding steroid dienone is 1. The molecule has 1 nitrogen and oxygen atoms in total. The molecule has 50 valence electrons. The number of carbonyl (C=O) groups excluding carboxylic acids is 1. The van der Waals surface area contributed by atoms with Crippen LogP contribution in [0.1, 0.15) is 6.92 Å². The van der Waals surface area contributed by atoms with Crippen LogP contribution in [0.2, 0.25) is 0 Å². The molecule has 0 radical (unpaired) electrons. The smallest absolute Gasteiger partial charge is 0.150 e. The maximum absolute atomic E-state index is 10.8. The molecule has 0 amide bonds. The van der Waals surface area contributed by atoms with E-state index < -0.39 is 0 Å². The second-order valence-electron chi connectivity index (χ2n) is 1.76. The Morgan fingerprint density at radius 1 is 2.00 bits per heavy atom. The van der Waals surface area contributed by atoms with Gasteiger partial charge < -0.3 is 0 Å². The first-order chi connectivity index (χ1) is 4.22. The number of Topliss-reactive ketones (excluding diaryl/α,β-unsaturated/α-hetero) is 1. The van der Waals surface area contributed by atoms with Crippen LogP contribution in [0, 0.1) is 5.92 Å². The molecule has 0 N–H and O–H groups in total. The zero-order valence-corrected chi connectivity index (χ0v) is 6.94. The number of carbonyl (C=O) groups is 1. The van der Waals surface area contributed by atoms with Crippen molar-refractivity contribution in [2.75, 3.05) is 5.33 Å². The van der Waals surface area contributed by atoms with Crippen LogP contribution in [0.3, 0.4) is 0 Å². The van der Waals surface area contributed by atoms with Crippen LogP contribution >= 0.6 is 15.9 Å². The monoisotopic (exact) mass is 188 g/mol. The number of rotatable bonds is 3. The SMILES string of the molecule is C=C=CC(C)C(=O)CBr. The van der Waals surface area contributed by atoms with E-state index in [0.717, 1.165) is 0 Å². The first kappa shape index (κ1) is 8.67. The van der Waals surface area contributed by atoms with Gasteiger partial charge in [0.2, 0.25) is 0 Å². The van der Waals surface area contributed by atoms with Crippen molar-refractivity contribution in [1.29, 1.82) is 0 Å². The van der Waals surface area contributed by atoms with E-state index in [-0.39, 0.29) is 11.7 Å². The highest BCUT2D eigenvalue weighted by atomic mass is 79.9. The normalized spacial score (nSPS) is 11.8. The summed E-state index contributed by atoms with van der Waals surface area (Å²) in [6.07, 6.45) is 1.66. The molecule has 0 aromatic carbocycles. The van der Waals surface area contributed by atoms with Crippen LogP contribution in [-0.2, 0) is 4.79 Å². The minimum Gasteiger partial charge on any atom is -0.298 e. The molecular weight excluding hydrogens is 180 g/mol. The molecule has 0 bridgehead atoms. The first-order valence-electron chi connectivity index (χ1n) is 2.67. The number of hydrogen-bond donors (Lipinski definition) is 0. The molecule has 0 aliphatic rings. The molecule has 1 unspecified atom stereocenters. The lowest BCUT2D eigenvalue weighted by Crippen LogP contribution is -2.08. The maximum atomic E-state index is 10.8. The number of alkyl halides is 1. The van der Waals surface area contributed by atoms with E-state index in [2.05, 4.69) is 28.2 Å². The van der Waals surface area contributed by atoms with Gasteiger partial charge in [-0.25, -0.2) is 0 Å². The summed E-state index contributed by atoms with van der Waals surface area (Å²) in [4.78, 5) is 10.8. The Labute approximate surface area is 63.6 Å². The zero-order valence-electron chi connectivity index (χ0n) is 5.36. The van der Waals surface area contributed by atoms with E-state index in [1.54, 1.807) is 6.08 Å². The van der Waals surface area contributed by atoms with Gasteiger partial charge in [-0.3, -0.25) is 4.79 Å². The Kier molecular flexibility index (Phi) is 4.37. The molecule has 0 aliphatic heterocycles. The number of ketones is 1. The van der Waals surface area contributed by atoms with Crippen molar-refractivity contribution < 1.29 is 4.79 Å². The fourth-order valence-electron chi connectivity index (χ4n) is 0.391. The van der Waals surface area contributed by atoms with Gasteiger partial charge in [0.15, 0.2) is 5.78 Å². The molecule has 0 fully saturated rings. The third kappa shape index (κ3) is 3.28.